The summed E-state index contributed by atoms with van der Waals surface area (Å²) in [7, 11) is 0. The molecular formula is C13H24N2O3. The number of aliphatic carboxylic acids is 1. The van der Waals surface area contributed by atoms with Crippen molar-refractivity contribution < 1.29 is 14.7 Å². The van der Waals surface area contributed by atoms with Gasteiger partial charge in [-0.25, -0.2) is 0 Å². The summed E-state index contributed by atoms with van der Waals surface area (Å²) < 4.78 is 0. The Morgan fingerprint density at radius 2 is 2.22 bits per heavy atom. The Morgan fingerprint density at radius 1 is 1.50 bits per heavy atom. The van der Waals surface area contributed by atoms with E-state index < -0.39 is 5.97 Å². The molecule has 1 aliphatic heterocycles. The van der Waals surface area contributed by atoms with Crippen molar-refractivity contribution in [1.29, 1.82) is 0 Å². The largest absolute Gasteiger partial charge is 0.481 e. The standard InChI is InChI=1S/C13H24N2O3/c1-2-10(8-14)7-12(16)15-6-5-11(9-15)3-4-13(17)18/h10-11H,2-9,14H2,1H3,(H,17,18). The molecule has 1 rings (SSSR count). The molecule has 0 bridgehead atoms. The third-order valence-corrected chi connectivity index (χ3v) is 3.78. The molecule has 5 heteroatoms. The molecule has 0 saturated carbocycles. The lowest BCUT2D eigenvalue weighted by Crippen LogP contribution is -2.31. The molecule has 0 radical (unpaired) electrons. The van der Waals surface area contributed by atoms with E-state index in [2.05, 4.69) is 0 Å². The van der Waals surface area contributed by atoms with Gasteiger partial charge in [-0.1, -0.05) is 13.3 Å². The van der Waals surface area contributed by atoms with Crippen LogP contribution in [0.5, 0.6) is 0 Å². The van der Waals surface area contributed by atoms with E-state index in [-0.39, 0.29) is 18.2 Å². The van der Waals surface area contributed by atoms with Gasteiger partial charge in [0.25, 0.3) is 0 Å². The molecule has 3 N–H and O–H groups in total. The topological polar surface area (TPSA) is 83.6 Å². The first-order valence-electron chi connectivity index (χ1n) is 6.76. The zero-order valence-corrected chi connectivity index (χ0v) is 11.1. The Labute approximate surface area is 108 Å². The Bertz CT molecular complexity index is 290. The van der Waals surface area contributed by atoms with Crippen LogP contribution < -0.4 is 5.73 Å². The molecule has 1 aliphatic rings. The smallest absolute Gasteiger partial charge is 0.303 e. The number of nitrogens with two attached hydrogens (primary N) is 1. The monoisotopic (exact) mass is 256 g/mol. The van der Waals surface area contributed by atoms with Crippen LogP contribution in [0.1, 0.15) is 39.0 Å². The quantitative estimate of drug-likeness (QED) is 0.714. The first kappa shape index (κ1) is 15.0. The van der Waals surface area contributed by atoms with Gasteiger partial charge in [-0.3, -0.25) is 9.59 Å². The molecule has 2 unspecified atom stereocenters. The van der Waals surface area contributed by atoms with Crippen LogP contribution in [0.4, 0.5) is 0 Å². The maximum atomic E-state index is 12.0. The average molecular weight is 256 g/mol. The van der Waals surface area contributed by atoms with Crippen LogP contribution in [-0.2, 0) is 9.59 Å². The maximum absolute atomic E-state index is 12.0. The van der Waals surface area contributed by atoms with Gasteiger partial charge in [0, 0.05) is 25.9 Å². The van der Waals surface area contributed by atoms with Gasteiger partial charge in [0.1, 0.15) is 0 Å². The highest BCUT2D eigenvalue weighted by atomic mass is 16.4. The van der Waals surface area contributed by atoms with E-state index in [1.807, 2.05) is 11.8 Å². The summed E-state index contributed by atoms with van der Waals surface area (Å²) in [5, 5.41) is 8.64. The van der Waals surface area contributed by atoms with Gasteiger partial charge in [-0.05, 0) is 31.2 Å². The van der Waals surface area contributed by atoms with Gasteiger partial charge in [-0.15, -0.1) is 0 Å². The molecule has 1 saturated heterocycles. The molecular weight excluding hydrogens is 232 g/mol. The summed E-state index contributed by atoms with van der Waals surface area (Å²) in [6.45, 7) is 4.08. The highest BCUT2D eigenvalue weighted by Gasteiger charge is 2.27. The zero-order chi connectivity index (χ0) is 13.5. The predicted octanol–water partition coefficient (Wildman–Crippen LogP) is 1.07. The van der Waals surface area contributed by atoms with Crippen molar-refractivity contribution in [3.8, 4) is 0 Å². The van der Waals surface area contributed by atoms with Crippen molar-refractivity contribution in [2.24, 2.45) is 17.6 Å². The normalized spacial score (nSPS) is 21.0. The summed E-state index contributed by atoms with van der Waals surface area (Å²) in [5.74, 6) is 0.0395. The van der Waals surface area contributed by atoms with E-state index in [0.717, 1.165) is 19.4 Å². The summed E-state index contributed by atoms with van der Waals surface area (Å²) >= 11 is 0. The number of hydrogen-bond donors (Lipinski definition) is 2. The molecule has 0 spiro atoms. The summed E-state index contributed by atoms with van der Waals surface area (Å²) in [5.41, 5.74) is 5.60. The number of likely N-dealkylation sites (tertiary alicyclic amines) is 1. The number of carboxylic acid groups (broad SMARTS) is 1. The van der Waals surface area contributed by atoms with Crippen LogP contribution in [-0.4, -0.2) is 41.5 Å². The number of carbonyl (C=O) groups is 2. The van der Waals surface area contributed by atoms with Crippen molar-refractivity contribution >= 4 is 11.9 Å². The summed E-state index contributed by atoms with van der Waals surface area (Å²) in [4.78, 5) is 24.4. The van der Waals surface area contributed by atoms with E-state index in [0.29, 0.717) is 31.8 Å². The van der Waals surface area contributed by atoms with Gasteiger partial charge in [0.05, 0.1) is 0 Å². The minimum atomic E-state index is -0.756. The molecule has 1 fully saturated rings. The fraction of sp³-hybridized carbons (Fsp3) is 0.846. The molecule has 5 nitrogen and oxygen atoms in total. The number of hydrogen-bond acceptors (Lipinski definition) is 3. The molecule has 1 heterocycles. The number of carboxylic acids is 1. The van der Waals surface area contributed by atoms with Crippen LogP contribution in [0.3, 0.4) is 0 Å². The molecule has 104 valence electrons. The maximum Gasteiger partial charge on any atom is 0.303 e. The van der Waals surface area contributed by atoms with Crippen molar-refractivity contribution in [1.82, 2.24) is 4.90 Å². The van der Waals surface area contributed by atoms with Crippen molar-refractivity contribution in [2.75, 3.05) is 19.6 Å². The predicted molar refractivity (Wildman–Crippen MR) is 69.0 cm³/mol. The van der Waals surface area contributed by atoms with Crippen molar-refractivity contribution in [3.63, 3.8) is 0 Å². The van der Waals surface area contributed by atoms with Crippen LogP contribution in [0.15, 0.2) is 0 Å². The van der Waals surface area contributed by atoms with E-state index in [1.165, 1.54) is 0 Å². The minimum Gasteiger partial charge on any atom is -0.481 e. The molecule has 2 atom stereocenters. The van der Waals surface area contributed by atoms with Crippen LogP contribution in [0.25, 0.3) is 0 Å². The first-order chi connectivity index (χ1) is 8.56. The van der Waals surface area contributed by atoms with Gasteiger partial charge in [0.15, 0.2) is 0 Å². The third-order valence-electron chi connectivity index (χ3n) is 3.78. The molecule has 0 aromatic heterocycles. The van der Waals surface area contributed by atoms with Crippen LogP contribution in [0, 0.1) is 11.8 Å². The Balaban J connectivity index is 2.32. The lowest BCUT2D eigenvalue weighted by molar-refractivity contribution is -0.137. The van der Waals surface area contributed by atoms with Gasteiger partial charge < -0.3 is 15.7 Å². The fourth-order valence-corrected chi connectivity index (χ4v) is 2.39. The average Bonchev–Trinajstić information content (AvgIpc) is 2.82. The van der Waals surface area contributed by atoms with E-state index in [4.69, 9.17) is 10.8 Å². The number of rotatable bonds is 7. The summed E-state index contributed by atoms with van der Waals surface area (Å²) in [6.07, 6.45) is 3.26. The molecule has 0 aliphatic carbocycles. The molecule has 1 amide bonds. The highest BCUT2D eigenvalue weighted by Crippen LogP contribution is 2.22. The van der Waals surface area contributed by atoms with E-state index in [1.54, 1.807) is 0 Å². The van der Waals surface area contributed by atoms with Crippen LogP contribution >= 0.6 is 0 Å². The summed E-state index contributed by atoms with van der Waals surface area (Å²) in [6, 6.07) is 0. The molecule has 18 heavy (non-hydrogen) atoms. The van der Waals surface area contributed by atoms with Gasteiger partial charge in [-0.2, -0.15) is 0 Å². The van der Waals surface area contributed by atoms with Crippen molar-refractivity contribution in [3.05, 3.63) is 0 Å². The van der Waals surface area contributed by atoms with Gasteiger partial charge >= 0.3 is 5.97 Å². The second-order valence-corrected chi connectivity index (χ2v) is 5.14. The Morgan fingerprint density at radius 3 is 2.78 bits per heavy atom. The van der Waals surface area contributed by atoms with Crippen molar-refractivity contribution in [2.45, 2.75) is 39.0 Å². The fourth-order valence-electron chi connectivity index (χ4n) is 2.39. The van der Waals surface area contributed by atoms with Gasteiger partial charge in [0.2, 0.25) is 5.91 Å². The molecule has 0 aromatic carbocycles. The van der Waals surface area contributed by atoms with Crippen LogP contribution in [0.2, 0.25) is 0 Å². The molecule has 0 aromatic rings. The Hall–Kier alpha value is -1.10. The Kier molecular flexibility index (Phi) is 6.12. The second-order valence-electron chi connectivity index (χ2n) is 5.14. The lowest BCUT2D eigenvalue weighted by atomic mass is 10.0. The SMILES string of the molecule is CCC(CN)CC(=O)N1CCC(CCC(=O)O)C1. The van der Waals surface area contributed by atoms with E-state index in [9.17, 15) is 9.59 Å². The van der Waals surface area contributed by atoms with E-state index >= 15 is 0 Å². The highest BCUT2D eigenvalue weighted by molar-refractivity contribution is 5.76. The first-order valence-corrected chi connectivity index (χ1v) is 6.76. The number of nitrogens with zero attached hydrogens (tertiary/aromatic N) is 1. The second kappa shape index (κ2) is 7.36. The zero-order valence-electron chi connectivity index (χ0n) is 11.1. The third kappa shape index (κ3) is 4.64. The lowest BCUT2D eigenvalue weighted by Gasteiger charge is -2.19. The number of carbonyl (C=O) groups excluding carboxylic acids is 1. The minimum absolute atomic E-state index is 0.171. The number of amides is 1.